The molecule has 2 aromatic rings. The first-order valence-corrected chi connectivity index (χ1v) is 7.20. The number of nitrogens with zero attached hydrogens (tertiary/aromatic N) is 2. The molecular formula is C17H20N4O. The zero-order valence-electron chi connectivity index (χ0n) is 12.8. The van der Waals surface area contributed by atoms with Crippen LogP contribution < -0.4 is 10.6 Å². The predicted octanol–water partition coefficient (Wildman–Crippen LogP) is 3.26. The molecule has 1 aromatic carbocycles. The smallest absolute Gasteiger partial charge is 0.272 e. The van der Waals surface area contributed by atoms with Crippen molar-refractivity contribution in [2.24, 2.45) is 0 Å². The van der Waals surface area contributed by atoms with Crippen LogP contribution in [0.1, 0.15) is 35.8 Å². The fourth-order valence-electron chi connectivity index (χ4n) is 1.87. The van der Waals surface area contributed by atoms with Crippen molar-refractivity contribution >= 4 is 17.4 Å². The summed E-state index contributed by atoms with van der Waals surface area (Å²) in [6, 6.07) is 11.5. The van der Waals surface area contributed by atoms with Crippen molar-refractivity contribution in [3.05, 3.63) is 60.3 Å². The van der Waals surface area contributed by atoms with Crippen LogP contribution in [0.5, 0.6) is 0 Å². The van der Waals surface area contributed by atoms with E-state index in [9.17, 15) is 4.79 Å². The number of amides is 1. The molecular weight excluding hydrogens is 276 g/mol. The number of aromatic nitrogens is 2. The average molecular weight is 296 g/mol. The lowest BCUT2D eigenvalue weighted by Gasteiger charge is -2.08. The van der Waals surface area contributed by atoms with Gasteiger partial charge in [-0.2, -0.15) is 0 Å². The molecule has 0 aliphatic heterocycles. The van der Waals surface area contributed by atoms with Crippen LogP contribution in [0.15, 0.2) is 49.1 Å². The summed E-state index contributed by atoms with van der Waals surface area (Å²) in [7, 11) is 0. The molecule has 0 unspecified atom stereocenters. The molecule has 0 radical (unpaired) electrons. The number of anilines is 2. The number of carbonyl (C=O) groups is 1. The Balaban J connectivity index is 2.01. The highest BCUT2D eigenvalue weighted by atomic mass is 16.1. The van der Waals surface area contributed by atoms with Crippen LogP contribution in [0.4, 0.5) is 11.5 Å². The van der Waals surface area contributed by atoms with E-state index in [2.05, 4.69) is 53.4 Å². The summed E-state index contributed by atoms with van der Waals surface area (Å²) in [5.74, 6) is 0.833. The Kier molecular flexibility index (Phi) is 5.25. The van der Waals surface area contributed by atoms with Crippen LogP contribution in [0.3, 0.4) is 0 Å². The van der Waals surface area contributed by atoms with Crippen LogP contribution in [-0.4, -0.2) is 22.6 Å². The Morgan fingerprint density at radius 3 is 2.45 bits per heavy atom. The summed E-state index contributed by atoms with van der Waals surface area (Å²) in [5, 5.41) is 13.7. The van der Waals surface area contributed by atoms with Gasteiger partial charge in [0, 0.05) is 12.2 Å². The molecule has 1 aromatic heterocycles. The van der Waals surface area contributed by atoms with Crippen molar-refractivity contribution in [1.29, 1.82) is 0 Å². The van der Waals surface area contributed by atoms with Crippen molar-refractivity contribution in [3.8, 4) is 0 Å². The van der Waals surface area contributed by atoms with Gasteiger partial charge in [0.15, 0.2) is 11.5 Å². The molecule has 0 saturated heterocycles. The Morgan fingerprint density at radius 2 is 1.91 bits per heavy atom. The van der Waals surface area contributed by atoms with Gasteiger partial charge in [-0.3, -0.25) is 4.79 Å². The highest BCUT2D eigenvalue weighted by Gasteiger charge is 2.07. The second kappa shape index (κ2) is 7.36. The minimum absolute atomic E-state index is 0.264. The van der Waals surface area contributed by atoms with E-state index in [1.165, 1.54) is 5.56 Å². The van der Waals surface area contributed by atoms with Crippen molar-refractivity contribution in [2.75, 3.05) is 11.9 Å². The molecule has 0 fully saturated rings. The minimum atomic E-state index is -0.264. The lowest BCUT2D eigenvalue weighted by Crippen LogP contribution is -2.24. The SMILES string of the molecule is C=CCNC(=O)c1ccc(Nc2ccc(C(C)C)cc2)nn1. The van der Waals surface area contributed by atoms with Crippen LogP contribution in [-0.2, 0) is 0 Å². The number of rotatable bonds is 6. The van der Waals surface area contributed by atoms with E-state index in [0.29, 0.717) is 18.3 Å². The molecule has 2 rings (SSSR count). The lowest BCUT2D eigenvalue weighted by atomic mass is 10.0. The quantitative estimate of drug-likeness (QED) is 0.803. The van der Waals surface area contributed by atoms with E-state index >= 15 is 0 Å². The van der Waals surface area contributed by atoms with E-state index in [1.807, 2.05) is 12.1 Å². The van der Waals surface area contributed by atoms with Crippen molar-refractivity contribution in [1.82, 2.24) is 15.5 Å². The normalized spacial score (nSPS) is 10.3. The lowest BCUT2D eigenvalue weighted by molar-refractivity contribution is 0.0952. The van der Waals surface area contributed by atoms with Gasteiger partial charge >= 0.3 is 0 Å². The molecule has 0 aliphatic rings. The summed E-state index contributed by atoms with van der Waals surface area (Å²) in [6.45, 7) is 8.26. The largest absolute Gasteiger partial charge is 0.347 e. The van der Waals surface area contributed by atoms with Crippen LogP contribution in [0.25, 0.3) is 0 Å². The molecule has 0 spiro atoms. The zero-order valence-corrected chi connectivity index (χ0v) is 12.8. The van der Waals surface area contributed by atoms with Gasteiger partial charge in [-0.25, -0.2) is 0 Å². The van der Waals surface area contributed by atoms with Crippen LogP contribution >= 0.6 is 0 Å². The summed E-state index contributed by atoms with van der Waals surface area (Å²) in [5.41, 5.74) is 2.50. The zero-order chi connectivity index (χ0) is 15.9. The summed E-state index contributed by atoms with van der Waals surface area (Å²) < 4.78 is 0. The molecule has 22 heavy (non-hydrogen) atoms. The van der Waals surface area contributed by atoms with Gasteiger partial charge < -0.3 is 10.6 Å². The van der Waals surface area contributed by atoms with Crippen LogP contribution in [0.2, 0.25) is 0 Å². The number of hydrogen-bond donors (Lipinski definition) is 2. The Bertz CT molecular complexity index is 633. The van der Waals surface area contributed by atoms with Crippen LogP contribution in [0, 0.1) is 0 Å². The predicted molar refractivity (Wildman–Crippen MR) is 88.4 cm³/mol. The average Bonchev–Trinajstić information content (AvgIpc) is 2.54. The van der Waals surface area contributed by atoms with E-state index in [0.717, 1.165) is 5.69 Å². The first-order chi connectivity index (χ1) is 10.6. The molecule has 0 saturated carbocycles. The number of nitrogens with one attached hydrogen (secondary N) is 2. The van der Waals surface area contributed by atoms with Crippen molar-refractivity contribution in [2.45, 2.75) is 19.8 Å². The fraction of sp³-hybridized carbons (Fsp3) is 0.235. The number of carbonyl (C=O) groups excluding carboxylic acids is 1. The minimum Gasteiger partial charge on any atom is -0.347 e. The van der Waals surface area contributed by atoms with E-state index < -0.39 is 0 Å². The molecule has 1 amide bonds. The maximum atomic E-state index is 11.7. The topological polar surface area (TPSA) is 66.9 Å². The molecule has 5 heteroatoms. The third-order valence-electron chi connectivity index (χ3n) is 3.15. The summed E-state index contributed by atoms with van der Waals surface area (Å²) in [4.78, 5) is 11.7. The molecule has 0 atom stereocenters. The second-order valence-corrected chi connectivity index (χ2v) is 5.20. The highest BCUT2D eigenvalue weighted by molar-refractivity contribution is 5.92. The third-order valence-corrected chi connectivity index (χ3v) is 3.15. The molecule has 1 heterocycles. The number of benzene rings is 1. The van der Waals surface area contributed by atoms with Crippen molar-refractivity contribution in [3.63, 3.8) is 0 Å². The van der Waals surface area contributed by atoms with E-state index in [1.54, 1.807) is 18.2 Å². The first kappa shape index (κ1) is 15.7. The van der Waals surface area contributed by atoms with Gasteiger partial charge in [-0.1, -0.05) is 32.1 Å². The molecule has 5 nitrogen and oxygen atoms in total. The summed E-state index contributed by atoms with van der Waals surface area (Å²) >= 11 is 0. The third kappa shape index (κ3) is 4.15. The maximum Gasteiger partial charge on any atom is 0.272 e. The van der Waals surface area contributed by atoms with Gasteiger partial charge in [-0.05, 0) is 35.7 Å². The van der Waals surface area contributed by atoms with Gasteiger partial charge in [-0.15, -0.1) is 16.8 Å². The second-order valence-electron chi connectivity index (χ2n) is 5.20. The number of hydrogen-bond acceptors (Lipinski definition) is 4. The summed E-state index contributed by atoms with van der Waals surface area (Å²) in [6.07, 6.45) is 1.61. The van der Waals surface area contributed by atoms with E-state index in [4.69, 9.17) is 0 Å². The van der Waals surface area contributed by atoms with Gasteiger partial charge in [0.05, 0.1) is 0 Å². The Morgan fingerprint density at radius 1 is 1.18 bits per heavy atom. The molecule has 0 bridgehead atoms. The highest BCUT2D eigenvalue weighted by Crippen LogP contribution is 2.19. The molecule has 0 aliphatic carbocycles. The Hall–Kier alpha value is -2.69. The fourth-order valence-corrected chi connectivity index (χ4v) is 1.87. The van der Waals surface area contributed by atoms with Gasteiger partial charge in [0.25, 0.3) is 5.91 Å². The van der Waals surface area contributed by atoms with Gasteiger partial charge in [0.1, 0.15) is 0 Å². The Labute approximate surface area is 130 Å². The molecule has 114 valence electrons. The standard InChI is InChI=1S/C17H20N4O/c1-4-11-18-17(22)15-9-10-16(21-20-15)19-14-7-5-13(6-8-14)12(2)3/h4-10,12H,1,11H2,2-3H3,(H,18,22)(H,19,21). The monoisotopic (exact) mass is 296 g/mol. The van der Waals surface area contributed by atoms with Crippen molar-refractivity contribution < 1.29 is 4.79 Å². The maximum absolute atomic E-state index is 11.7. The first-order valence-electron chi connectivity index (χ1n) is 7.20. The van der Waals surface area contributed by atoms with E-state index in [-0.39, 0.29) is 11.6 Å². The molecule has 2 N–H and O–H groups in total. The van der Waals surface area contributed by atoms with Gasteiger partial charge in [0.2, 0.25) is 0 Å².